The Labute approximate surface area is 375 Å². The van der Waals surface area contributed by atoms with Gasteiger partial charge in [0.15, 0.2) is 0 Å². The molecule has 15 nitrogen and oxygen atoms in total. The maximum Gasteiger partial charge on any atom is 0.408 e. The van der Waals surface area contributed by atoms with Crippen LogP contribution in [-0.4, -0.2) is 67.8 Å². The number of carbonyl (C=O) groups excluding carboxylic acids is 6. The molecule has 2 atom stereocenters. The quantitative estimate of drug-likeness (QED) is 0.0218. The van der Waals surface area contributed by atoms with Gasteiger partial charge in [-0.2, -0.15) is 0 Å². The molecule has 64 heavy (non-hydrogen) atoms. The summed E-state index contributed by atoms with van der Waals surface area (Å²) in [5.74, 6) is -1.28. The second-order valence-electron chi connectivity index (χ2n) is 15.0. The van der Waals surface area contributed by atoms with E-state index in [-0.39, 0.29) is 64.7 Å². The van der Waals surface area contributed by atoms with Gasteiger partial charge < -0.3 is 45.5 Å². The van der Waals surface area contributed by atoms with Gasteiger partial charge in [-0.3, -0.25) is 14.4 Å². The lowest BCUT2D eigenvalue weighted by Gasteiger charge is -2.23. The highest BCUT2D eigenvalue weighted by molar-refractivity contribution is 5.91. The first kappa shape index (κ1) is 49.8. The molecule has 15 heteroatoms. The van der Waals surface area contributed by atoms with Crippen LogP contribution in [0.2, 0.25) is 0 Å². The topological polar surface area (TPSA) is 199 Å². The summed E-state index contributed by atoms with van der Waals surface area (Å²) in [6, 6.07) is 35.1. The molecule has 0 heterocycles. The molecule has 342 valence electrons. The van der Waals surface area contributed by atoms with Crippen LogP contribution in [0.3, 0.4) is 0 Å². The van der Waals surface area contributed by atoms with Crippen molar-refractivity contribution in [3.8, 4) is 0 Å². The van der Waals surface area contributed by atoms with Crippen LogP contribution in [0.5, 0.6) is 0 Å². The van der Waals surface area contributed by atoms with E-state index in [1.807, 2.05) is 121 Å². The van der Waals surface area contributed by atoms with Crippen LogP contribution >= 0.6 is 0 Å². The molecule has 0 spiro atoms. The summed E-state index contributed by atoms with van der Waals surface area (Å²) >= 11 is 0. The van der Waals surface area contributed by atoms with Crippen molar-refractivity contribution in [3.05, 3.63) is 144 Å². The lowest BCUT2D eigenvalue weighted by atomic mass is 10.1. The van der Waals surface area contributed by atoms with Crippen molar-refractivity contribution in [3.63, 3.8) is 0 Å². The van der Waals surface area contributed by atoms with E-state index in [0.29, 0.717) is 51.5 Å². The monoisotopic (exact) mass is 879 g/mol. The molecule has 0 aliphatic rings. The minimum Gasteiger partial charge on any atom is -0.461 e. The second kappa shape index (κ2) is 30.2. The van der Waals surface area contributed by atoms with Gasteiger partial charge in [-0.15, -0.1) is 0 Å². The number of hydrogen-bond donors (Lipinski definition) is 5. The predicted octanol–water partition coefficient (Wildman–Crippen LogP) is 7.38. The lowest BCUT2D eigenvalue weighted by molar-refractivity contribution is -0.145. The zero-order valence-electron chi connectivity index (χ0n) is 36.3. The van der Waals surface area contributed by atoms with Crippen molar-refractivity contribution >= 4 is 36.1 Å². The third-order valence-corrected chi connectivity index (χ3v) is 9.86. The largest absolute Gasteiger partial charge is 0.461 e. The maximum atomic E-state index is 13.9. The number of amides is 5. The third kappa shape index (κ3) is 21.8. The molecular weight excluding hydrogens is 819 g/mol. The Balaban J connectivity index is 1.28. The van der Waals surface area contributed by atoms with Crippen LogP contribution in [0.15, 0.2) is 121 Å². The number of alkyl carbamates (subject to hydrolysis) is 3. The van der Waals surface area contributed by atoms with Gasteiger partial charge in [0.1, 0.15) is 38.5 Å². The first-order chi connectivity index (χ1) is 31.2. The van der Waals surface area contributed by atoms with E-state index >= 15 is 0 Å². The minimum absolute atomic E-state index is 0.0102. The summed E-state index contributed by atoms with van der Waals surface area (Å²) in [6.07, 6.45) is 2.45. The van der Waals surface area contributed by atoms with Crippen LogP contribution in [0, 0.1) is 0 Å². The molecule has 0 aromatic heterocycles. The summed E-state index contributed by atoms with van der Waals surface area (Å²) in [5, 5.41) is 13.8. The smallest absolute Gasteiger partial charge is 0.408 e. The van der Waals surface area contributed by atoms with Gasteiger partial charge in [-0.05, 0) is 73.6 Å². The van der Waals surface area contributed by atoms with E-state index in [1.165, 1.54) is 0 Å². The lowest BCUT2D eigenvalue weighted by Crippen LogP contribution is -2.54. The van der Waals surface area contributed by atoms with Gasteiger partial charge in [0.05, 0.1) is 0 Å². The van der Waals surface area contributed by atoms with Gasteiger partial charge in [0, 0.05) is 26.1 Å². The normalized spacial score (nSPS) is 11.5. The summed E-state index contributed by atoms with van der Waals surface area (Å²) in [7, 11) is 0. The number of carbonyl (C=O) groups is 6. The van der Waals surface area contributed by atoms with Crippen LogP contribution < -0.4 is 26.6 Å². The standard InChI is InChI=1S/C49H61N5O10/c55-44(61-34-38-20-6-1-7-21-38)30-14-5-17-31-50-45(56)42(28-15-18-32-51-47(58)62-35-39-22-8-2-9-23-39)53-46(57)43(54-49(60)64-37-41-26-12-4-13-27-41)29-16-19-33-52-48(59)63-36-40-24-10-3-11-25-40/h1-4,6-13,20-27,42-43H,5,14-19,28-37H2,(H,50,56)(H,51,58)(H,52,59)(H,53,57)(H,54,60)/t42-,43-/m0/s1. The van der Waals surface area contributed by atoms with E-state index in [9.17, 15) is 28.8 Å². The fourth-order valence-electron chi connectivity index (χ4n) is 6.31. The van der Waals surface area contributed by atoms with E-state index in [2.05, 4.69) is 26.6 Å². The summed E-state index contributed by atoms with van der Waals surface area (Å²) < 4.78 is 21.3. The van der Waals surface area contributed by atoms with Crippen molar-refractivity contribution in [1.82, 2.24) is 26.6 Å². The van der Waals surface area contributed by atoms with Crippen molar-refractivity contribution in [2.45, 2.75) is 103 Å². The zero-order chi connectivity index (χ0) is 45.5. The third-order valence-electron chi connectivity index (χ3n) is 9.86. The number of esters is 1. The molecule has 0 unspecified atom stereocenters. The molecular formula is C49H61N5O10. The van der Waals surface area contributed by atoms with Gasteiger partial charge in [-0.25, -0.2) is 14.4 Å². The van der Waals surface area contributed by atoms with Crippen LogP contribution in [0.1, 0.15) is 86.5 Å². The van der Waals surface area contributed by atoms with Crippen molar-refractivity contribution in [2.24, 2.45) is 0 Å². The molecule has 0 aliphatic heterocycles. The van der Waals surface area contributed by atoms with Crippen molar-refractivity contribution in [2.75, 3.05) is 19.6 Å². The molecule has 0 aliphatic carbocycles. The first-order valence-electron chi connectivity index (χ1n) is 21.9. The number of rotatable bonds is 28. The zero-order valence-corrected chi connectivity index (χ0v) is 36.3. The highest BCUT2D eigenvalue weighted by Crippen LogP contribution is 2.10. The fraction of sp³-hybridized carbons (Fsp3) is 0.388. The fourth-order valence-corrected chi connectivity index (χ4v) is 6.31. The summed E-state index contributed by atoms with van der Waals surface area (Å²) in [4.78, 5) is 77.2. The molecule has 4 rings (SSSR count). The highest BCUT2D eigenvalue weighted by Gasteiger charge is 2.27. The Bertz CT molecular complexity index is 1970. The maximum absolute atomic E-state index is 13.9. The number of benzene rings is 4. The highest BCUT2D eigenvalue weighted by atomic mass is 16.6. The average Bonchev–Trinajstić information content (AvgIpc) is 3.32. The number of hydrogen-bond acceptors (Lipinski definition) is 10. The SMILES string of the molecule is O=C(CCCCCNC(=O)[C@H](CCCCNC(=O)OCc1ccccc1)NC(=O)[C@H](CCCCNC(=O)OCc1ccccc1)NC(=O)OCc1ccccc1)OCc1ccccc1. The molecule has 4 aromatic carbocycles. The molecule has 0 saturated carbocycles. The Morgan fingerprint density at radius 2 is 0.750 bits per heavy atom. The van der Waals surface area contributed by atoms with E-state index in [1.54, 1.807) is 0 Å². The molecule has 0 radical (unpaired) electrons. The number of unbranched alkanes of at least 4 members (excludes halogenated alkanes) is 4. The minimum atomic E-state index is -1.06. The Hall–Kier alpha value is -6.90. The van der Waals surface area contributed by atoms with Crippen molar-refractivity contribution < 1.29 is 47.7 Å². The second-order valence-corrected chi connectivity index (χ2v) is 15.0. The first-order valence-corrected chi connectivity index (χ1v) is 21.9. The molecule has 0 bridgehead atoms. The van der Waals surface area contributed by atoms with Gasteiger partial charge in [0.2, 0.25) is 11.8 Å². The Kier molecular flexibility index (Phi) is 23.5. The molecule has 4 aromatic rings. The van der Waals surface area contributed by atoms with E-state index < -0.39 is 42.2 Å². The van der Waals surface area contributed by atoms with Gasteiger partial charge >= 0.3 is 24.2 Å². The van der Waals surface area contributed by atoms with E-state index in [0.717, 1.165) is 22.3 Å². The summed E-state index contributed by atoms with van der Waals surface area (Å²) in [6.45, 7) is 1.33. The molecule has 0 saturated heterocycles. The van der Waals surface area contributed by atoms with Crippen LogP contribution in [-0.2, 0) is 59.8 Å². The van der Waals surface area contributed by atoms with Gasteiger partial charge in [0.25, 0.3) is 0 Å². The van der Waals surface area contributed by atoms with E-state index in [4.69, 9.17) is 18.9 Å². The summed E-state index contributed by atoms with van der Waals surface area (Å²) in [5.41, 5.74) is 3.39. The van der Waals surface area contributed by atoms with Gasteiger partial charge in [-0.1, -0.05) is 128 Å². The molecule has 5 amide bonds. The van der Waals surface area contributed by atoms with Crippen LogP contribution in [0.25, 0.3) is 0 Å². The Morgan fingerprint density at radius 3 is 1.20 bits per heavy atom. The van der Waals surface area contributed by atoms with Crippen LogP contribution in [0.4, 0.5) is 14.4 Å². The molecule has 5 N–H and O–H groups in total. The number of ether oxygens (including phenoxy) is 4. The van der Waals surface area contributed by atoms with Crippen molar-refractivity contribution in [1.29, 1.82) is 0 Å². The predicted molar refractivity (Wildman–Crippen MR) is 240 cm³/mol. The molecule has 0 fully saturated rings. The average molecular weight is 880 g/mol. The number of nitrogens with one attached hydrogen (secondary N) is 5. The Morgan fingerprint density at radius 1 is 0.375 bits per heavy atom.